The Morgan fingerprint density at radius 3 is 2.53 bits per heavy atom. The van der Waals surface area contributed by atoms with Crippen LogP contribution in [0.2, 0.25) is 0 Å². The minimum absolute atomic E-state index is 0.0217. The fourth-order valence-electron chi connectivity index (χ4n) is 1.57. The van der Waals surface area contributed by atoms with E-state index in [2.05, 4.69) is 5.32 Å². The Kier molecular flexibility index (Phi) is 4.82. The van der Waals surface area contributed by atoms with Gasteiger partial charge in [-0.1, -0.05) is 0 Å². The smallest absolute Gasteiger partial charge is 0.224 e. The molecule has 1 amide bonds. The van der Waals surface area contributed by atoms with Crippen molar-refractivity contribution in [2.75, 3.05) is 14.2 Å². The van der Waals surface area contributed by atoms with Crippen LogP contribution in [-0.2, 0) is 11.2 Å². The van der Waals surface area contributed by atoms with Crippen molar-refractivity contribution in [1.82, 2.24) is 5.32 Å². The number of rotatable bonds is 5. The van der Waals surface area contributed by atoms with E-state index in [1.807, 2.05) is 26.0 Å². The molecule has 0 saturated carbocycles. The first-order valence-corrected chi connectivity index (χ1v) is 5.57. The Hall–Kier alpha value is -1.71. The summed E-state index contributed by atoms with van der Waals surface area (Å²) < 4.78 is 10.3. The number of ether oxygens (including phenoxy) is 2. The molecule has 17 heavy (non-hydrogen) atoms. The summed E-state index contributed by atoms with van der Waals surface area (Å²) in [7, 11) is 3.19. The molecule has 4 heteroatoms. The van der Waals surface area contributed by atoms with Crippen molar-refractivity contribution in [2.45, 2.75) is 26.3 Å². The predicted molar refractivity (Wildman–Crippen MR) is 66.5 cm³/mol. The average molecular weight is 237 g/mol. The van der Waals surface area contributed by atoms with Crippen LogP contribution in [-0.4, -0.2) is 26.2 Å². The van der Waals surface area contributed by atoms with Crippen LogP contribution in [0.5, 0.6) is 11.5 Å². The van der Waals surface area contributed by atoms with Crippen molar-refractivity contribution in [2.24, 2.45) is 0 Å². The molecule has 0 aliphatic heterocycles. The molecule has 0 spiro atoms. The van der Waals surface area contributed by atoms with E-state index in [9.17, 15) is 4.79 Å². The lowest BCUT2D eigenvalue weighted by molar-refractivity contribution is -0.120. The molecule has 0 bridgehead atoms. The van der Waals surface area contributed by atoms with Gasteiger partial charge in [0.2, 0.25) is 5.91 Å². The zero-order valence-corrected chi connectivity index (χ0v) is 10.7. The molecule has 0 radical (unpaired) electrons. The van der Waals surface area contributed by atoms with Gasteiger partial charge in [0.05, 0.1) is 20.6 Å². The van der Waals surface area contributed by atoms with Crippen molar-refractivity contribution in [3.05, 3.63) is 23.8 Å². The normalized spacial score (nSPS) is 10.2. The number of carbonyl (C=O) groups is 1. The summed E-state index contributed by atoms with van der Waals surface area (Å²) in [4.78, 5) is 11.7. The highest BCUT2D eigenvalue weighted by molar-refractivity contribution is 5.79. The fraction of sp³-hybridized carbons (Fsp3) is 0.462. The van der Waals surface area contributed by atoms with Gasteiger partial charge in [0.1, 0.15) is 11.5 Å². The van der Waals surface area contributed by atoms with Gasteiger partial charge in [-0.2, -0.15) is 0 Å². The first-order valence-electron chi connectivity index (χ1n) is 5.57. The van der Waals surface area contributed by atoms with E-state index in [1.165, 1.54) is 0 Å². The van der Waals surface area contributed by atoms with E-state index >= 15 is 0 Å². The molecule has 0 unspecified atom stereocenters. The Morgan fingerprint density at radius 1 is 1.29 bits per heavy atom. The maximum absolute atomic E-state index is 11.7. The quantitative estimate of drug-likeness (QED) is 0.849. The molecule has 1 N–H and O–H groups in total. The maximum atomic E-state index is 11.7. The summed E-state index contributed by atoms with van der Waals surface area (Å²) >= 11 is 0. The van der Waals surface area contributed by atoms with Gasteiger partial charge in [0.25, 0.3) is 0 Å². The van der Waals surface area contributed by atoms with Crippen LogP contribution in [0.1, 0.15) is 19.4 Å². The van der Waals surface area contributed by atoms with Crippen LogP contribution < -0.4 is 14.8 Å². The van der Waals surface area contributed by atoms with Crippen molar-refractivity contribution >= 4 is 5.91 Å². The van der Waals surface area contributed by atoms with Gasteiger partial charge in [-0.25, -0.2) is 0 Å². The highest BCUT2D eigenvalue weighted by atomic mass is 16.5. The predicted octanol–water partition coefficient (Wildman–Crippen LogP) is 1.77. The van der Waals surface area contributed by atoms with Crippen molar-refractivity contribution < 1.29 is 14.3 Å². The molecule has 0 fully saturated rings. The molecule has 94 valence electrons. The average Bonchev–Trinajstić information content (AvgIpc) is 2.27. The van der Waals surface area contributed by atoms with E-state index in [1.54, 1.807) is 20.3 Å². The molecule has 0 heterocycles. The minimum Gasteiger partial charge on any atom is -0.497 e. The lowest BCUT2D eigenvalue weighted by atomic mass is 10.1. The Morgan fingerprint density at radius 2 is 2.00 bits per heavy atom. The second kappa shape index (κ2) is 6.13. The van der Waals surface area contributed by atoms with Gasteiger partial charge in [0, 0.05) is 11.6 Å². The molecule has 0 atom stereocenters. The number of amides is 1. The van der Waals surface area contributed by atoms with Gasteiger partial charge >= 0.3 is 0 Å². The molecule has 1 rings (SSSR count). The van der Waals surface area contributed by atoms with Crippen molar-refractivity contribution in [3.8, 4) is 11.5 Å². The molecular formula is C13H19NO3. The molecule has 1 aromatic rings. The van der Waals surface area contributed by atoms with Crippen LogP contribution in [0.3, 0.4) is 0 Å². The number of carbonyl (C=O) groups excluding carboxylic acids is 1. The summed E-state index contributed by atoms with van der Waals surface area (Å²) in [6, 6.07) is 5.57. The molecular weight excluding hydrogens is 218 g/mol. The van der Waals surface area contributed by atoms with E-state index in [4.69, 9.17) is 9.47 Å². The first kappa shape index (κ1) is 13.4. The molecule has 0 aliphatic carbocycles. The maximum Gasteiger partial charge on any atom is 0.224 e. The topological polar surface area (TPSA) is 47.6 Å². The van der Waals surface area contributed by atoms with Crippen LogP contribution in [0.4, 0.5) is 0 Å². The summed E-state index contributed by atoms with van der Waals surface area (Å²) in [6.45, 7) is 3.86. The van der Waals surface area contributed by atoms with Crippen molar-refractivity contribution in [3.63, 3.8) is 0 Å². The summed E-state index contributed by atoms with van der Waals surface area (Å²) in [6.07, 6.45) is 0.290. The highest BCUT2D eigenvalue weighted by Gasteiger charge is 2.10. The van der Waals surface area contributed by atoms with E-state index < -0.39 is 0 Å². The van der Waals surface area contributed by atoms with Gasteiger partial charge < -0.3 is 14.8 Å². The first-order chi connectivity index (χ1) is 8.06. The SMILES string of the molecule is COc1ccc(OC)c(CC(=O)NC(C)C)c1. The summed E-state index contributed by atoms with van der Waals surface area (Å²) in [5.74, 6) is 1.40. The van der Waals surface area contributed by atoms with Crippen LogP contribution in [0.25, 0.3) is 0 Å². The number of nitrogens with one attached hydrogen (secondary N) is 1. The monoisotopic (exact) mass is 237 g/mol. The number of hydrogen-bond donors (Lipinski definition) is 1. The molecule has 4 nitrogen and oxygen atoms in total. The molecule has 0 saturated heterocycles. The van der Waals surface area contributed by atoms with Crippen LogP contribution in [0, 0.1) is 0 Å². The largest absolute Gasteiger partial charge is 0.497 e. The van der Waals surface area contributed by atoms with Crippen LogP contribution >= 0.6 is 0 Å². The molecule has 1 aromatic carbocycles. The third kappa shape index (κ3) is 3.98. The zero-order valence-electron chi connectivity index (χ0n) is 10.7. The van der Waals surface area contributed by atoms with E-state index in [0.717, 1.165) is 11.3 Å². The van der Waals surface area contributed by atoms with Gasteiger partial charge in [0.15, 0.2) is 0 Å². The third-order valence-electron chi connectivity index (χ3n) is 2.29. The zero-order chi connectivity index (χ0) is 12.8. The van der Waals surface area contributed by atoms with Crippen LogP contribution in [0.15, 0.2) is 18.2 Å². The lowest BCUT2D eigenvalue weighted by Gasteiger charge is -2.12. The molecule has 0 aromatic heterocycles. The third-order valence-corrected chi connectivity index (χ3v) is 2.29. The fourth-order valence-corrected chi connectivity index (χ4v) is 1.57. The van der Waals surface area contributed by atoms with Gasteiger partial charge in [-0.15, -0.1) is 0 Å². The second-order valence-corrected chi connectivity index (χ2v) is 4.08. The Bertz CT molecular complexity index is 388. The lowest BCUT2D eigenvalue weighted by Crippen LogP contribution is -2.31. The second-order valence-electron chi connectivity index (χ2n) is 4.08. The summed E-state index contributed by atoms with van der Waals surface area (Å²) in [5.41, 5.74) is 0.824. The Balaban J connectivity index is 2.83. The standard InChI is InChI=1S/C13H19NO3/c1-9(2)14-13(15)8-10-7-11(16-3)5-6-12(10)17-4/h5-7,9H,8H2,1-4H3,(H,14,15). The Labute approximate surface area is 102 Å². The number of hydrogen-bond acceptors (Lipinski definition) is 3. The van der Waals surface area contributed by atoms with Gasteiger partial charge in [-0.3, -0.25) is 4.79 Å². The number of methoxy groups -OCH3 is 2. The van der Waals surface area contributed by atoms with Gasteiger partial charge in [-0.05, 0) is 32.0 Å². The van der Waals surface area contributed by atoms with E-state index in [-0.39, 0.29) is 11.9 Å². The molecule has 0 aliphatic rings. The minimum atomic E-state index is -0.0217. The number of benzene rings is 1. The van der Waals surface area contributed by atoms with Crippen molar-refractivity contribution in [1.29, 1.82) is 0 Å². The summed E-state index contributed by atoms with van der Waals surface area (Å²) in [5, 5.41) is 2.84. The highest BCUT2D eigenvalue weighted by Crippen LogP contribution is 2.24. The van der Waals surface area contributed by atoms with E-state index in [0.29, 0.717) is 12.2 Å².